The van der Waals surface area contributed by atoms with Gasteiger partial charge in [-0.25, -0.2) is 0 Å². The molecule has 3 rings (SSSR count). The molecule has 0 aliphatic carbocycles. The fraction of sp³-hybridized carbons (Fsp3) is 0.364. The van der Waals surface area contributed by atoms with E-state index in [1.54, 1.807) is 16.7 Å². The molecule has 0 N–H and O–H groups in total. The fourth-order valence-electron chi connectivity index (χ4n) is 3.10. The molecule has 2 aromatic rings. The van der Waals surface area contributed by atoms with Crippen molar-refractivity contribution < 1.29 is 14.3 Å². The lowest BCUT2D eigenvalue weighted by atomic mass is 9.85. The molecule has 0 radical (unpaired) electrons. The second kappa shape index (κ2) is 8.17. The zero-order chi connectivity index (χ0) is 19.4. The van der Waals surface area contributed by atoms with E-state index in [4.69, 9.17) is 4.74 Å². The number of rotatable bonds is 4. The molecule has 0 fully saturated rings. The van der Waals surface area contributed by atoms with Gasteiger partial charge < -0.3 is 9.64 Å². The normalized spacial score (nSPS) is 17.0. The standard InChI is InChI=1S/C22H25NO3S/c1-16-13-14-23(18-11-7-8-12-19(18)27-16)20(24)15-26-21(25)22(2,3)17-9-5-4-6-10-17/h4-12,16H,13-15H2,1-3H3. The predicted octanol–water partition coefficient (Wildman–Crippen LogP) is 4.42. The minimum absolute atomic E-state index is 0.186. The molecule has 4 nitrogen and oxygen atoms in total. The molecule has 1 aliphatic heterocycles. The molecule has 0 bridgehead atoms. The summed E-state index contributed by atoms with van der Waals surface area (Å²) in [5.74, 6) is -0.581. The van der Waals surface area contributed by atoms with E-state index in [0.29, 0.717) is 11.8 Å². The lowest BCUT2D eigenvalue weighted by Crippen LogP contribution is -2.38. The summed E-state index contributed by atoms with van der Waals surface area (Å²) >= 11 is 1.78. The Bertz CT molecular complexity index is 819. The summed E-state index contributed by atoms with van der Waals surface area (Å²) in [7, 11) is 0. The maximum absolute atomic E-state index is 12.8. The number of benzene rings is 2. The maximum atomic E-state index is 12.8. The second-order valence-electron chi connectivity index (χ2n) is 7.30. The lowest BCUT2D eigenvalue weighted by Gasteiger charge is -2.25. The third-order valence-corrected chi connectivity index (χ3v) is 6.11. The summed E-state index contributed by atoms with van der Waals surface area (Å²) in [6.07, 6.45) is 0.897. The molecular formula is C22H25NO3S. The van der Waals surface area contributed by atoms with Crippen molar-refractivity contribution in [3.05, 3.63) is 60.2 Å². The molecule has 142 valence electrons. The highest BCUT2D eigenvalue weighted by atomic mass is 32.2. The molecule has 0 saturated heterocycles. The minimum atomic E-state index is -0.803. The summed E-state index contributed by atoms with van der Waals surface area (Å²) in [5.41, 5.74) is 0.964. The van der Waals surface area contributed by atoms with Crippen LogP contribution in [0.1, 0.15) is 32.8 Å². The van der Waals surface area contributed by atoms with Gasteiger partial charge in [0.25, 0.3) is 5.91 Å². The quantitative estimate of drug-likeness (QED) is 0.733. The molecule has 5 heteroatoms. The summed E-state index contributed by atoms with van der Waals surface area (Å²) in [6, 6.07) is 17.4. The van der Waals surface area contributed by atoms with Gasteiger partial charge in [0.05, 0.1) is 11.1 Å². The third-order valence-electron chi connectivity index (χ3n) is 4.88. The topological polar surface area (TPSA) is 46.6 Å². The molecule has 1 aliphatic rings. The van der Waals surface area contributed by atoms with Crippen molar-refractivity contribution in [3.8, 4) is 0 Å². The zero-order valence-corrected chi connectivity index (χ0v) is 16.8. The second-order valence-corrected chi connectivity index (χ2v) is 8.78. The number of nitrogens with zero attached hydrogens (tertiary/aromatic N) is 1. The van der Waals surface area contributed by atoms with Crippen LogP contribution in [0.5, 0.6) is 0 Å². The monoisotopic (exact) mass is 383 g/mol. The van der Waals surface area contributed by atoms with Crippen LogP contribution in [0.3, 0.4) is 0 Å². The van der Waals surface area contributed by atoms with E-state index in [1.165, 1.54) is 0 Å². The van der Waals surface area contributed by atoms with Crippen LogP contribution in [0.15, 0.2) is 59.5 Å². The largest absolute Gasteiger partial charge is 0.455 e. The van der Waals surface area contributed by atoms with Crippen molar-refractivity contribution >= 4 is 29.3 Å². The van der Waals surface area contributed by atoms with Gasteiger partial charge in [-0.1, -0.05) is 49.4 Å². The van der Waals surface area contributed by atoms with Crippen molar-refractivity contribution in [2.45, 2.75) is 42.8 Å². The first-order valence-electron chi connectivity index (χ1n) is 9.18. The molecule has 0 saturated carbocycles. The van der Waals surface area contributed by atoms with Crippen molar-refractivity contribution in [2.24, 2.45) is 0 Å². The summed E-state index contributed by atoms with van der Waals surface area (Å²) in [5, 5.41) is 0.434. The average Bonchev–Trinajstić information content (AvgIpc) is 2.84. The Kier molecular flexibility index (Phi) is 5.90. The number of anilines is 1. The van der Waals surface area contributed by atoms with Gasteiger partial charge in [0.1, 0.15) is 0 Å². The van der Waals surface area contributed by atoms with Crippen LogP contribution in [0.4, 0.5) is 5.69 Å². The first-order valence-corrected chi connectivity index (χ1v) is 10.1. The Morgan fingerprint density at radius 3 is 2.52 bits per heavy atom. The highest BCUT2D eigenvalue weighted by molar-refractivity contribution is 8.00. The minimum Gasteiger partial charge on any atom is -0.455 e. The molecule has 1 amide bonds. The van der Waals surface area contributed by atoms with Crippen LogP contribution in [-0.4, -0.2) is 30.3 Å². The molecule has 27 heavy (non-hydrogen) atoms. The number of amides is 1. The maximum Gasteiger partial charge on any atom is 0.316 e. The summed E-state index contributed by atoms with van der Waals surface area (Å²) in [4.78, 5) is 28.3. The number of hydrogen-bond donors (Lipinski definition) is 0. The number of para-hydroxylation sites is 1. The van der Waals surface area contributed by atoms with Crippen LogP contribution in [0, 0.1) is 0 Å². The van der Waals surface area contributed by atoms with Crippen LogP contribution < -0.4 is 4.90 Å². The SMILES string of the molecule is CC1CCN(C(=O)COC(=O)C(C)(C)c2ccccc2)c2ccccc2S1. The van der Waals surface area contributed by atoms with Gasteiger partial charge in [-0.3, -0.25) is 9.59 Å². The van der Waals surface area contributed by atoms with E-state index in [1.807, 2.05) is 68.4 Å². The Labute approximate surface area is 164 Å². The first-order chi connectivity index (χ1) is 12.9. The van der Waals surface area contributed by atoms with E-state index in [2.05, 4.69) is 6.92 Å². The number of esters is 1. The molecule has 0 spiro atoms. The summed E-state index contributed by atoms with van der Waals surface area (Å²) in [6.45, 7) is 6.17. The average molecular weight is 384 g/mol. The highest BCUT2D eigenvalue weighted by Gasteiger charge is 2.32. The van der Waals surface area contributed by atoms with Gasteiger partial charge in [-0.2, -0.15) is 0 Å². The molecule has 2 aromatic carbocycles. The van der Waals surface area contributed by atoms with Crippen molar-refractivity contribution in [3.63, 3.8) is 0 Å². The van der Waals surface area contributed by atoms with Crippen LogP contribution in [0.25, 0.3) is 0 Å². The van der Waals surface area contributed by atoms with E-state index in [0.717, 1.165) is 22.6 Å². The predicted molar refractivity (Wildman–Crippen MR) is 109 cm³/mol. The van der Waals surface area contributed by atoms with Gasteiger partial charge in [-0.05, 0) is 38.0 Å². The first kappa shape index (κ1) is 19.5. The Hall–Kier alpha value is -2.27. The van der Waals surface area contributed by atoms with Gasteiger partial charge >= 0.3 is 5.97 Å². The van der Waals surface area contributed by atoms with E-state index >= 15 is 0 Å². The van der Waals surface area contributed by atoms with Crippen molar-refractivity contribution in [2.75, 3.05) is 18.1 Å². The van der Waals surface area contributed by atoms with Crippen LogP contribution in [0.2, 0.25) is 0 Å². The van der Waals surface area contributed by atoms with Crippen LogP contribution in [-0.2, 0) is 19.7 Å². The fourth-order valence-corrected chi connectivity index (χ4v) is 4.22. The molecule has 0 aromatic heterocycles. The highest BCUT2D eigenvalue weighted by Crippen LogP contribution is 2.37. The number of carbonyl (C=O) groups excluding carboxylic acids is 2. The summed E-state index contributed by atoms with van der Waals surface area (Å²) < 4.78 is 5.42. The van der Waals surface area contributed by atoms with Crippen molar-refractivity contribution in [1.29, 1.82) is 0 Å². The van der Waals surface area contributed by atoms with Gasteiger partial charge in [0.2, 0.25) is 0 Å². The Morgan fingerprint density at radius 1 is 1.11 bits per heavy atom. The van der Waals surface area contributed by atoms with Crippen molar-refractivity contribution in [1.82, 2.24) is 0 Å². The van der Waals surface area contributed by atoms with Gasteiger partial charge in [0.15, 0.2) is 6.61 Å². The third kappa shape index (κ3) is 4.35. The number of hydrogen-bond acceptors (Lipinski definition) is 4. The van der Waals surface area contributed by atoms with E-state index in [-0.39, 0.29) is 12.5 Å². The smallest absolute Gasteiger partial charge is 0.316 e. The number of thioether (sulfide) groups is 1. The molecule has 1 heterocycles. The Morgan fingerprint density at radius 2 is 1.78 bits per heavy atom. The Balaban J connectivity index is 1.70. The number of ether oxygens (including phenoxy) is 1. The molecule has 1 unspecified atom stereocenters. The van der Waals surface area contributed by atoms with E-state index in [9.17, 15) is 9.59 Å². The van der Waals surface area contributed by atoms with E-state index < -0.39 is 11.4 Å². The number of fused-ring (bicyclic) bond motifs is 1. The molecular weight excluding hydrogens is 358 g/mol. The molecule has 1 atom stereocenters. The van der Waals surface area contributed by atoms with Gasteiger partial charge in [0, 0.05) is 16.7 Å². The van der Waals surface area contributed by atoms with Gasteiger partial charge in [-0.15, -0.1) is 11.8 Å². The zero-order valence-electron chi connectivity index (χ0n) is 16.0. The van der Waals surface area contributed by atoms with Crippen LogP contribution >= 0.6 is 11.8 Å². The lowest BCUT2D eigenvalue weighted by molar-refractivity contribution is -0.152. The number of carbonyl (C=O) groups is 2.